The summed E-state index contributed by atoms with van der Waals surface area (Å²) in [5.41, 5.74) is 0. The summed E-state index contributed by atoms with van der Waals surface area (Å²) in [6.45, 7) is 7.21. The molecule has 0 fully saturated rings. The van der Waals surface area contributed by atoms with Crippen molar-refractivity contribution in [3.63, 3.8) is 0 Å². The first-order valence-corrected chi connectivity index (χ1v) is 6.91. The summed E-state index contributed by atoms with van der Waals surface area (Å²) in [4.78, 5) is 4.15. The Morgan fingerprint density at radius 1 is 1.44 bits per heavy atom. The SMILES string of the molecule is CCn1ncnc1CC(O)CSCC(C)C. The fourth-order valence-corrected chi connectivity index (χ4v) is 2.42. The molecule has 0 aliphatic carbocycles. The van der Waals surface area contributed by atoms with E-state index in [2.05, 4.69) is 23.9 Å². The highest BCUT2D eigenvalue weighted by Crippen LogP contribution is 2.11. The number of aryl methyl sites for hydroxylation is 1. The Morgan fingerprint density at radius 3 is 2.81 bits per heavy atom. The van der Waals surface area contributed by atoms with Crippen LogP contribution in [0, 0.1) is 5.92 Å². The molecule has 0 aromatic carbocycles. The lowest BCUT2D eigenvalue weighted by molar-refractivity contribution is 0.195. The van der Waals surface area contributed by atoms with Crippen molar-refractivity contribution >= 4 is 11.8 Å². The molecular formula is C11H21N3OS. The van der Waals surface area contributed by atoms with Gasteiger partial charge < -0.3 is 5.11 Å². The lowest BCUT2D eigenvalue weighted by atomic mass is 10.3. The minimum atomic E-state index is -0.321. The normalized spacial score (nSPS) is 13.3. The van der Waals surface area contributed by atoms with E-state index in [1.54, 1.807) is 18.1 Å². The molecule has 0 saturated carbocycles. The lowest BCUT2D eigenvalue weighted by Crippen LogP contribution is -2.18. The molecule has 92 valence electrons. The van der Waals surface area contributed by atoms with E-state index in [1.165, 1.54) is 0 Å². The summed E-state index contributed by atoms with van der Waals surface area (Å²) in [6, 6.07) is 0. The van der Waals surface area contributed by atoms with Gasteiger partial charge in [0.25, 0.3) is 0 Å². The van der Waals surface area contributed by atoms with E-state index in [1.807, 2.05) is 11.6 Å². The Morgan fingerprint density at radius 2 is 2.19 bits per heavy atom. The third-order valence-corrected chi connectivity index (χ3v) is 3.70. The number of aromatic nitrogens is 3. The van der Waals surface area contributed by atoms with Gasteiger partial charge in [-0.05, 0) is 18.6 Å². The third-order valence-electron chi connectivity index (χ3n) is 2.17. The highest BCUT2D eigenvalue weighted by atomic mass is 32.2. The van der Waals surface area contributed by atoms with E-state index in [4.69, 9.17) is 0 Å². The average molecular weight is 243 g/mol. The van der Waals surface area contributed by atoms with Gasteiger partial charge in [0.05, 0.1) is 6.10 Å². The summed E-state index contributed by atoms with van der Waals surface area (Å²) in [5, 5.41) is 13.9. The Bertz CT molecular complexity index is 301. The molecule has 1 aromatic rings. The smallest absolute Gasteiger partial charge is 0.138 e. The van der Waals surface area contributed by atoms with Crippen LogP contribution in [0.15, 0.2) is 6.33 Å². The summed E-state index contributed by atoms with van der Waals surface area (Å²) in [5.74, 6) is 3.42. The maximum atomic E-state index is 9.85. The van der Waals surface area contributed by atoms with Crippen molar-refractivity contribution in [2.24, 2.45) is 5.92 Å². The highest BCUT2D eigenvalue weighted by molar-refractivity contribution is 7.99. The molecule has 0 radical (unpaired) electrons. The molecule has 1 unspecified atom stereocenters. The van der Waals surface area contributed by atoms with Crippen molar-refractivity contribution in [3.05, 3.63) is 12.2 Å². The predicted molar refractivity (Wildman–Crippen MR) is 67.6 cm³/mol. The maximum Gasteiger partial charge on any atom is 0.138 e. The van der Waals surface area contributed by atoms with Crippen LogP contribution in [-0.2, 0) is 13.0 Å². The van der Waals surface area contributed by atoms with E-state index in [-0.39, 0.29) is 6.10 Å². The molecule has 1 aromatic heterocycles. The van der Waals surface area contributed by atoms with Gasteiger partial charge in [-0.2, -0.15) is 16.9 Å². The van der Waals surface area contributed by atoms with Crippen LogP contribution in [0.3, 0.4) is 0 Å². The standard InChI is InChI=1S/C11H21N3OS/c1-4-14-11(12-8-13-14)5-10(15)7-16-6-9(2)3/h8-10,15H,4-7H2,1-3H3. The third kappa shape index (κ3) is 4.53. The minimum absolute atomic E-state index is 0.321. The first kappa shape index (κ1) is 13.5. The molecule has 0 saturated heterocycles. The van der Waals surface area contributed by atoms with Gasteiger partial charge in [0, 0.05) is 18.7 Å². The summed E-state index contributed by atoms with van der Waals surface area (Å²) in [6.07, 6.45) is 1.82. The average Bonchev–Trinajstić information content (AvgIpc) is 2.64. The van der Waals surface area contributed by atoms with E-state index in [0.717, 1.165) is 23.9 Å². The maximum absolute atomic E-state index is 9.85. The van der Waals surface area contributed by atoms with Crippen molar-refractivity contribution in [1.82, 2.24) is 14.8 Å². The van der Waals surface area contributed by atoms with Gasteiger partial charge >= 0.3 is 0 Å². The fraction of sp³-hybridized carbons (Fsp3) is 0.818. The fourth-order valence-electron chi connectivity index (χ4n) is 1.42. The summed E-state index contributed by atoms with van der Waals surface area (Å²) < 4.78 is 1.83. The van der Waals surface area contributed by atoms with E-state index >= 15 is 0 Å². The zero-order valence-corrected chi connectivity index (χ0v) is 11.1. The number of hydrogen-bond acceptors (Lipinski definition) is 4. The lowest BCUT2D eigenvalue weighted by Gasteiger charge is -2.11. The number of aliphatic hydroxyl groups is 1. The number of hydrogen-bond donors (Lipinski definition) is 1. The van der Waals surface area contributed by atoms with Gasteiger partial charge in [-0.3, -0.25) is 4.68 Å². The molecule has 5 heteroatoms. The molecule has 1 atom stereocenters. The molecule has 4 nitrogen and oxygen atoms in total. The van der Waals surface area contributed by atoms with Gasteiger partial charge in [-0.15, -0.1) is 0 Å². The van der Waals surface area contributed by atoms with Crippen LogP contribution in [-0.4, -0.2) is 37.5 Å². The second-order valence-electron chi connectivity index (χ2n) is 4.28. The zero-order chi connectivity index (χ0) is 12.0. The first-order chi connectivity index (χ1) is 7.63. The van der Waals surface area contributed by atoms with Crippen LogP contribution in [0.5, 0.6) is 0 Å². The van der Waals surface area contributed by atoms with Crippen molar-refractivity contribution in [2.45, 2.75) is 39.8 Å². The molecule has 0 amide bonds. The van der Waals surface area contributed by atoms with E-state index in [0.29, 0.717) is 12.3 Å². The Hall–Kier alpha value is -0.550. The first-order valence-electron chi connectivity index (χ1n) is 5.76. The van der Waals surface area contributed by atoms with Crippen LogP contribution in [0.25, 0.3) is 0 Å². The molecule has 1 N–H and O–H groups in total. The Kier molecular flexibility index (Phi) is 5.84. The molecule has 0 bridgehead atoms. The van der Waals surface area contributed by atoms with Gasteiger partial charge in [0.2, 0.25) is 0 Å². The van der Waals surface area contributed by atoms with E-state index in [9.17, 15) is 5.11 Å². The van der Waals surface area contributed by atoms with Crippen molar-refractivity contribution in [1.29, 1.82) is 0 Å². The molecule has 1 rings (SSSR count). The van der Waals surface area contributed by atoms with Crippen LogP contribution in [0.2, 0.25) is 0 Å². The number of aliphatic hydroxyl groups excluding tert-OH is 1. The van der Waals surface area contributed by atoms with Crippen LogP contribution < -0.4 is 0 Å². The van der Waals surface area contributed by atoms with Crippen molar-refractivity contribution in [2.75, 3.05) is 11.5 Å². The van der Waals surface area contributed by atoms with Gasteiger partial charge in [0.1, 0.15) is 12.2 Å². The zero-order valence-electron chi connectivity index (χ0n) is 10.3. The molecule has 16 heavy (non-hydrogen) atoms. The van der Waals surface area contributed by atoms with Crippen LogP contribution in [0.1, 0.15) is 26.6 Å². The van der Waals surface area contributed by atoms with Gasteiger partial charge in [0.15, 0.2) is 0 Å². The minimum Gasteiger partial charge on any atom is -0.392 e. The Balaban J connectivity index is 2.31. The Labute approximate surface area is 101 Å². The quantitative estimate of drug-likeness (QED) is 0.790. The monoisotopic (exact) mass is 243 g/mol. The molecule has 0 aliphatic rings. The number of thioether (sulfide) groups is 1. The topological polar surface area (TPSA) is 50.9 Å². The van der Waals surface area contributed by atoms with Gasteiger partial charge in [-0.1, -0.05) is 13.8 Å². The highest BCUT2D eigenvalue weighted by Gasteiger charge is 2.10. The largest absolute Gasteiger partial charge is 0.392 e. The summed E-state index contributed by atoms with van der Waals surface area (Å²) in [7, 11) is 0. The second kappa shape index (κ2) is 6.91. The number of rotatable bonds is 7. The number of nitrogens with zero attached hydrogens (tertiary/aromatic N) is 3. The second-order valence-corrected chi connectivity index (χ2v) is 5.36. The van der Waals surface area contributed by atoms with Crippen molar-refractivity contribution in [3.8, 4) is 0 Å². The molecule has 0 spiro atoms. The van der Waals surface area contributed by atoms with Crippen molar-refractivity contribution < 1.29 is 5.11 Å². The summed E-state index contributed by atoms with van der Waals surface area (Å²) >= 11 is 1.80. The molecule has 0 aliphatic heterocycles. The predicted octanol–water partition coefficient (Wildman–Crippen LogP) is 1.59. The molecular weight excluding hydrogens is 222 g/mol. The van der Waals surface area contributed by atoms with E-state index < -0.39 is 0 Å². The van der Waals surface area contributed by atoms with Crippen LogP contribution in [0.4, 0.5) is 0 Å². The van der Waals surface area contributed by atoms with Gasteiger partial charge in [-0.25, -0.2) is 4.98 Å². The molecule has 1 heterocycles. The van der Waals surface area contributed by atoms with Crippen LogP contribution >= 0.6 is 11.8 Å².